The number of ether oxygens (including phenoxy) is 1. The van der Waals surface area contributed by atoms with E-state index in [4.69, 9.17) is 4.74 Å². The molecule has 1 aliphatic heterocycles. The van der Waals surface area contributed by atoms with Gasteiger partial charge in [-0.25, -0.2) is 4.39 Å². The predicted octanol–water partition coefficient (Wildman–Crippen LogP) is 2.00. The van der Waals surface area contributed by atoms with Gasteiger partial charge in [-0.2, -0.15) is 0 Å². The summed E-state index contributed by atoms with van der Waals surface area (Å²) in [5.74, 6) is -1.22. The molecule has 0 aromatic heterocycles. The topological polar surface area (TPSA) is 70.7 Å². The summed E-state index contributed by atoms with van der Waals surface area (Å²) in [6.07, 6.45) is 3.24. The molecule has 1 aromatic carbocycles. The van der Waals surface area contributed by atoms with E-state index in [2.05, 4.69) is 17.2 Å². The van der Waals surface area contributed by atoms with Crippen LogP contribution in [-0.2, 0) is 14.3 Å². The summed E-state index contributed by atoms with van der Waals surface area (Å²) in [7, 11) is 1.49. The summed E-state index contributed by atoms with van der Waals surface area (Å²) in [6, 6.07) is 4.41. The third kappa shape index (κ3) is 5.06. The minimum absolute atomic E-state index is 0.113. The first kappa shape index (κ1) is 17.9. The van der Waals surface area contributed by atoms with Gasteiger partial charge in [0, 0.05) is 25.9 Å². The Morgan fingerprint density at radius 1 is 1.50 bits per heavy atom. The Bertz CT molecular complexity index is 615. The smallest absolute Gasteiger partial charge is 0.246 e. The van der Waals surface area contributed by atoms with Crippen LogP contribution in [-0.4, -0.2) is 49.6 Å². The molecule has 7 heteroatoms. The molecule has 0 saturated carbocycles. The number of carbonyl (C=O) groups is 2. The largest absolute Gasteiger partial charge is 0.380 e. The molecule has 1 aliphatic rings. The minimum atomic E-state index is -0.457. The first-order chi connectivity index (χ1) is 11.5. The lowest BCUT2D eigenvalue weighted by Gasteiger charge is -2.15. The number of anilines is 2. The average molecular weight is 335 g/mol. The van der Waals surface area contributed by atoms with E-state index in [1.54, 1.807) is 12.1 Å². The fraction of sp³-hybridized carbons (Fsp3) is 0.412. The van der Waals surface area contributed by atoms with Crippen LogP contribution in [0.1, 0.15) is 12.8 Å². The number of amides is 2. The van der Waals surface area contributed by atoms with Gasteiger partial charge in [-0.05, 0) is 37.1 Å². The lowest BCUT2D eigenvalue weighted by Crippen LogP contribution is -2.33. The third-order valence-corrected chi connectivity index (χ3v) is 3.73. The van der Waals surface area contributed by atoms with Gasteiger partial charge in [0.15, 0.2) is 0 Å². The Labute approximate surface area is 140 Å². The van der Waals surface area contributed by atoms with Crippen molar-refractivity contribution in [2.24, 2.45) is 0 Å². The van der Waals surface area contributed by atoms with Gasteiger partial charge in [0.1, 0.15) is 5.82 Å². The van der Waals surface area contributed by atoms with Crippen molar-refractivity contribution < 1.29 is 18.7 Å². The van der Waals surface area contributed by atoms with Crippen molar-refractivity contribution in [3.8, 4) is 0 Å². The zero-order valence-corrected chi connectivity index (χ0v) is 13.7. The number of carbonyl (C=O) groups excluding carboxylic acids is 2. The standard InChI is InChI=1S/C17H22FN3O3/c1-3-17(23)21(2)11-16(22)20-12-6-7-15(14(18)9-12)19-10-13-5-4-8-24-13/h3,6-7,9,13,19H,1,4-5,8,10-11H2,2H3,(H,20,22). The fourth-order valence-electron chi connectivity index (χ4n) is 2.42. The van der Waals surface area contributed by atoms with Crippen LogP contribution in [0.2, 0.25) is 0 Å². The van der Waals surface area contributed by atoms with Gasteiger partial charge in [0.05, 0.1) is 18.3 Å². The second-order valence-corrected chi connectivity index (χ2v) is 5.66. The molecule has 24 heavy (non-hydrogen) atoms. The van der Waals surface area contributed by atoms with Crippen molar-refractivity contribution in [2.75, 3.05) is 37.4 Å². The highest BCUT2D eigenvalue weighted by Gasteiger charge is 2.16. The molecule has 1 aromatic rings. The number of rotatable bonds is 7. The van der Waals surface area contributed by atoms with E-state index in [0.717, 1.165) is 25.5 Å². The Balaban J connectivity index is 1.87. The minimum Gasteiger partial charge on any atom is -0.380 e. The molecule has 2 N–H and O–H groups in total. The Morgan fingerprint density at radius 2 is 2.29 bits per heavy atom. The number of hydrogen-bond acceptors (Lipinski definition) is 4. The Hall–Kier alpha value is -2.41. The van der Waals surface area contributed by atoms with Gasteiger partial charge in [0.2, 0.25) is 11.8 Å². The summed E-state index contributed by atoms with van der Waals surface area (Å²) in [6.45, 7) is 4.52. The summed E-state index contributed by atoms with van der Waals surface area (Å²) in [5.41, 5.74) is 0.696. The monoisotopic (exact) mass is 335 g/mol. The van der Waals surface area contributed by atoms with Crippen LogP contribution in [0.5, 0.6) is 0 Å². The Kier molecular flexibility index (Phi) is 6.31. The molecule has 1 saturated heterocycles. The van der Waals surface area contributed by atoms with Gasteiger partial charge in [-0.15, -0.1) is 0 Å². The van der Waals surface area contributed by atoms with Crippen molar-refractivity contribution in [1.82, 2.24) is 4.90 Å². The fourth-order valence-corrected chi connectivity index (χ4v) is 2.42. The molecule has 130 valence electrons. The molecule has 0 aliphatic carbocycles. The van der Waals surface area contributed by atoms with Gasteiger partial charge >= 0.3 is 0 Å². The zero-order chi connectivity index (χ0) is 17.5. The molecule has 0 spiro atoms. The highest BCUT2D eigenvalue weighted by molar-refractivity contribution is 5.96. The highest BCUT2D eigenvalue weighted by Crippen LogP contribution is 2.20. The lowest BCUT2D eigenvalue weighted by atomic mass is 10.2. The van der Waals surface area contributed by atoms with Crippen LogP contribution < -0.4 is 10.6 Å². The number of halogens is 1. The maximum Gasteiger partial charge on any atom is 0.246 e. The van der Waals surface area contributed by atoms with Crippen LogP contribution in [0, 0.1) is 5.82 Å². The molecule has 2 amide bonds. The number of likely N-dealkylation sites (N-methyl/N-ethyl adjacent to an activating group) is 1. The van der Waals surface area contributed by atoms with Crippen LogP contribution in [0.25, 0.3) is 0 Å². The second kappa shape index (κ2) is 8.44. The van der Waals surface area contributed by atoms with Gasteiger partial charge in [-0.1, -0.05) is 6.58 Å². The third-order valence-electron chi connectivity index (χ3n) is 3.73. The van der Waals surface area contributed by atoms with E-state index in [0.29, 0.717) is 17.9 Å². The highest BCUT2D eigenvalue weighted by atomic mass is 19.1. The second-order valence-electron chi connectivity index (χ2n) is 5.66. The van der Waals surface area contributed by atoms with E-state index >= 15 is 0 Å². The van der Waals surface area contributed by atoms with E-state index in [9.17, 15) is 14.0 Å². The van der Waals surface area contributed by atoms with E-state index in [1.807, 2.05) is 0 Å². The molecule has 6 nitrogen and oxygen atoms in total. The van der Waals surface area contributed by atoms with Gasteiger partial charge < -0.3 is 20.3 Å². The van der Waals surface area contributed by atoms with Crippen LogP contribution in [0.15, 0.2) is 30.9 Å². The van der Waals surface area contributed by atoms with Crippen molar-refractivity contribution in [3.05, 3.63) is 36.7 Å². The predicted molar refractivity (Wildman–Crippen MR) is 90.3 cm³/mol. The van der Waals surface area contributed by atoms with Crippen LogP contribution in [0.4, 0.5) is 15.8 Å². The molecule has 1 unspecified atom stereocenters. The normalized spacial score (nSPS) is 16.5. The zero-order valence-electron chi connectivity index (χ0n) is 13.7. The number of benzene rings is 1. The number of nitrogens with one attached hydrogen (secondary N) is 2. The van der Waals surface area contributed by atoms with Crippen molar-refractivity contribution in [2.45, 2.75) is 18.9 Å². The summed E-state index contributed by atoms with van der Waals surface area (Å²) in [4.78, 5) is 24.4. The van der Waals surface area contributed by atoms with Crippen LogP contribution in [0.3, 0.4) is 0 Å². The summed E-state index contributed by atoms with van der Waals surface area (Å²) >= 11 is 0. The average Bonchev–Trinajstić information content (AvgIpc) is 3.06. The molecule has 2 rings (SSSR count). The summed E-state index contributed by atoms with van der Waals surface area (Å²) < 4.78 is 19.6. The summed E-state index contributed by atoms with van der Waals surface area (Å²) in [5, 5.41) is 5.57. The quantitative estimate of drug-likeness (QED) is 0.748. The van der Waals surface area contributed by atoms with Crippen molar-refractivity contribution in [3.63, 3.8) is 0 Å². The Morgan fingerprint density at radius 3 is 2.92 bits per heavy atom. The van der Waals surface area contributed by atoms with Crippen molar-refractivity contribution in [1.29, 1.82) is 0 Å². The molecule has 0 radical (unpaired) electrons. The number of nitrogens with zero attached hydrogens (tertiary/aromatic N) is 1. The van der Waals surface area contributed by atoms with E-state index in [1.165, 1.54) is 18.0 Å². The molecule has 0 bridgehead atoms. The van der Waals surface area contributed by atoms with Gasteiger partial charge in [0.25, 0.3) is 0 Å². The van der Waals surface area contributed by atoms with Crippen molar-refractivity contribution >= 4 is 23.2 Å². The van der Waals surface area contributed by atoms with Crippen LogP contribution >= 0.6 is 0 Å². The maximum absolute atomic E-state index is 14.1. The molecule has 1 heterocycles. The maximum atomic E-state index is 14.1. The first-order valence-corrected chi connectivity index (χ1v) is 7.82. The van der Waals surface area contributed by atoms with E-state index in [-0.39, 0.29) is 18.6 Å². The lowest BCUT2D eigenvalue weighted by molar-refractivity contribution is -0.129. The molecular weight excluding hydrogens is 313 g/mol. The molecule has 1 atom stereocenters. The SMILES string of the molecule is C=CC(=O)N(C)CC(=O)Nc1ccc(NCC2CCCO2)c(F)c1. The molecular formula is C17H22FN3O3. The van der Waals surface area contributed by atoms with E-state index < -0.39 is 11.7 Å². The first-order valence-electron chi connectivity index (χ1n) is 7.82. The van der Waals surface area contributed by atoms with Gasteiger partial charge in [-0.3, -0.25) is 9.59 Å². The molecule has 1 fully saturated rings. The number of hydrogen-bond donors (Lipinski definition) is 2.